The highest BCUT2D eigenvalue weighted by molar-refractivity contribution is 6.31. The molecule has 4 amide bonds. The fourth-order valence-corrected chi connectivity index (χ4v) is 3.96. The number of hydrogen-bond donors (Lipinski definition) is 2. The molecule has 33 heavy (non-hydrogen) atoms. The monoisotopic (exact) mass is 490 g/mol. The zero-order valence-electron chi connectivity index (χ0n) is 18.7. The Morgan fingerprint density at radius 1 is 0.879 bits per heavy atom. The van der Waals surface area contributed by atoms with Crippen LogP contribution < -0.4 is 10.6 Å². The van der Waals surface area contributed by atoms with Crippen LogP contribution in [0.4, 0.5) is 10.5 Å². The molecule has 7 nitrogen and oxygen atoms in total. The normalized spacial score (nSPS) is 15.1. The van der Waals surface area contributed by atoms with Crippen molar-refractivity contribution >= 4 is 46.7 Å². The molecule has 0 saturated carbocycles. The number of nitrogens with one attached hydrogen (secondary N) is 2. The van der Waals surface area contributed by atoms with Gasteiger partial charge in [0.15, 0.2) is 0 Å². The van der Waals surface area contributed by atoms with Crippen LogP contribution in [0.25, 0.3) is 0 Å². The van der Waals surface area contributed by atoms with Crippen molar-refractivity contribution in [1.82, 2.24) is 15.1 Å². The van der Waals surface area contributed by atoms with Gasteiger partial charge in [0.1, 0.15) is 6.04 Å². The molecule has 2 aromatic carbocycles. The lowest BCUT2D eigenvalue weighted by molar-refractivity contribution is -0.134. The Hall–Kier alpha value is -2.77. The summed E-state index contributed by atoms with van der Waals surface area (Å²) in [4.78, 5) is 42.0. The quantitative estimate of drug-likeness (QED) is 0.646. The number of carbonyl (C=O) groups excluding carboxylic acids is 3. The molecule has 0 bridgehead atoms. The summed E-state index contributed by atoms with van der Waals surface area (Å²) in [7, 11) is 0. The number of benzene rings is 2. The lowest BCUT2D eigenvalue weighted by atomic mass is 10.0. The standard InChI is InChI=1S/C24H28Cl2N4O3/c1-16(2)21(28-22(31)17-7-9-18(25)10-8-17)23(32)29-11-4-12-30(14-13-29)24(33)27-20-6-3-5-19(26)15-20/h3,5-10,15-16,21H,4,11-14H2,1-2H3,(H,27,33)(H,28,31). The average molecular weight is 491 g/mol. The molecule has 0 radical (unpaired) electrons. The fourth-order valence-electron chi connectivity index (χ4n) is 3.65. The van der Waals surface area contributed by atoms with Crippen LogP contribution in [-0.4, -0.2) is 59.9 Å². The predicted molar refractivity (Wildman–Crippen MR) is 131 cm³/mol. The molecule has 3 rings (SSSR count). The molecule has 0 spiro atoms. The third-order valence-electron chi connectivity index (χ3n) is 5.50. The first-order chi connectivity index (χ1) is 15.7. The summed E-state index contributed by atoms with van der Waals surface area (Å²) in [5.41, 5.74) is 1.06. The minimum atomic E-state index is -0.667. The van der Waals surface area contributed by atoms with Gasteiger partial charge in [-0.1, -0.05) is 43.1 Å². The lowest BCUT2D eigenvalue weighted by Crippen LogP contribution is -2.52. The zero-order chi connectivity index (χ0) is 24.0. The summed E-state index contributed by atoms with van der Waals surface area (Å²) >= 11 is 11.9. The lowest BCUT2D eigenvalue weighted by Gasteiger charge is -2.29. The van der Waals surface area contributed by atoms with Crippen LogP contribution in [0.15, 0.2) is 48.5 Å². The van der Waals surface area contributed by atoms with Crippen molar-refractivity contribution in [3.63, 3.8) is 0 Å². The minimum absolute atomic E-state index is 0.0979. The van der Waals surface area contributed by atoms with E-state index in [2.05, 4.69) is 10.6 Å². The highest BCUT2D eigenvalue weighted by Crippen LogP contribution is 2.17. The van der Waals surface area contributed by atoms with E-state index >= 15 is 0 Å². The molecule has 0 aromatic heterocycles. The summed E-state index contributed by atoms with van der Waals surface area (Å²) in [6.45, 7) is 5.62. The number of amides is 4. The summed E-state index contributed by atoms with van der Waals surface area (Å²) in [6.07, 6.45) is 0.644. The molecule has 9 heteroatoms. The van der Waals surface area contributed by atoms with E-state index in [4.69, 9.17) is 23.2 Å². The fraction of sp³-hybridized carbons (Fsp3) is 0.375. The van der Waals surface area contributed by atoms with Gasteiger partial charge >= 0.3 is 6.03 Å². The SMILES string of the molecule is CC(C)C(NC(=O)c1ccc(Cl)cc1)C(=O)N1CCCN(C(=O)Nc2cccc(Cl)c2)CC1. The highest BCUT2D eigenvalue weighted by atomic mass is 35.5. The Morgan fingerprint density at radius 2 is 1.55 bits per heavy atom. The number of halogens is 2. The van der Waals surface area contributed by atoms with Crippen LogP contribution in [0.2, 0.25) is 10.0 Å². The van der Waals surface area contributed by atoms with E-state index in [1.165, 1.54) is 0 Å². The van der Waals surface area contributed by atoms with E-state index in [0.29, 0.717) is 53.9 Å². The second-order valence-corrected chi connectivity index (χ2v) is 9.18. The van der Waals surface area contributed by atoms with E-state index in [9.17, 15) is 14.4 Å². The molecule has 1 saturated heterocycles. The molecule has 1 unspecified atom stereocenters. The first-order valence-corrected chi connectivity index (χ1v) is 11.7. The molecule has 176 valence electrons. The van der Waals surface area contributed by atoms with E-state index < -0.39 is 6.04 Å². The van der Waals surface area contributed by atoms with Gasteiger partial charge in [0, 0.05) is 47.5 Å². The molecule has 1 fully saturated rings. The molecule has 1 aliphatic heterocycles. The maximum Gasteiger partial charge on any atom is 0.321 e. The zero-order valence-corrected chi connectivity index (χ0v) is 20.2. The molecule has 1 aliphatic rings. The van der Waals surface area contributed by atoms with Crippen molar-refractivity contribution < 1.29 is 14.4 Å². The van der Waals surface area contributed by atoms with Gasteiger partial charge in [-0.05, 0) is 54.8 Å². The largest absolute Gasteiger partial charge is 0.340 e. The van der Waals surface area contributed by atoms with Crippen LogP contribution in [0.5, 0.6) is 0 Å². The van der Waals surface area contributed by atoms with Crippen molar-refractivity contribution in [3.05, 3.63) is 64.1 Å². The Balaban J connectivity index is 1.60. The number of nitrogens with zero attached hydrogens (tertiary/aromatic N) is 2. The topological polar surface area (TPSA) is 81.8 Å². The summed E-state index contributed by atoms with van der Waals surface area (Å²) in [5, 5.41) is 6.79. The molecule has 0 aliphatic carbocycles. The van der Waals surface area contributed by atoms with Gasteiger partial charge in [0.2, 0.25) is 5.91 Å². The van der Waals surface area contributed by atoms with Gasteiger partial charge in [-0.25, -0.2) is 4.79 Å². The molecular formula is C24H28Cl2N4O3. The van der Waals surface area contributed by atoms with E-state index in [1.54, 1.807) is 58.3 Å². The number of hydrogen-bond acceptors (Lipinski definition) is 3. The summed E-state index contributed by atoms with van der Waals surface area (Å²) in [5.74, 6) is -0.570. The van der Waals surface area contributed by atoms with E-state index in [-0.39, 0.29) is 23.8 Å². The van der Waals surface area contributed by atoms with Crippen molar-refractivity contribution in [1.29, 1.82) is 0 Å². The van der Waals surface area contributed by atoms with E-state index in [1.807, 2.05) is 13.8 Å². The second kappa shape index (κ2) is 11.4. The van der Waals surface area contributed by atoms with Crippen molar-refractivity contribution in [2.24, 2.45) is 5.92 Å². The molecule has 2 N–H and O–H groups in total. The number of anilines is 1. The smallest absolute Gasteiger partial charge is 0.321 e. The first-order valence-electron chi connectivity index (χ1n) is 10.9. The Labute approximate surface area is 204 Å². The van der Waals surface area contributed by atoms with Gasteiger partial charge in [-0.15, -0.1) is 0 Å². The molecule has 1 atom stereocenters. The number of carbonyl (C=O) groups is 3. The highest BCUT2D eigenvalue weighted by Gasteiger charge is 2.30. The van der Waals surface area contributed by atoms with Gasteiger partial charge in [0.25, 0.3) is 5.91 Å². The van der Waals surface area contributed by atoms with Crippen molar-refractivity contribution in [3.8, 4) is 0 Å². The van der Waals surface area contributed by atoms with Crippen LogP contribution in [0, 0.1) is 5.92 Å². The Bertz CT molecular complexity index is 997. The predicted octanol–water partition coefficient (Wildman–Crippen LogP) is 4.51. The van der Waals surface area contributed by atoms with Gasteiger partial charge in [-0.2, -0.15) is 0 Å². The van der Waals surface area contributed by atoms with Crippen molar-refractivity contribution in [2.75, 3.05) is 31.5 Å². The number of urea groups is 1. The van der Waals surface area contributed by atoms with Crippen LogP contribution in [-0.2, 0) is 4.79 Å². The molecular weight excluding hydrogens is 463 g/mol. The minimum Gasteiger partial charge on any atom is -0.340 e. The molecule has 1 heterocycles. The Morgan fingerprint density at radius 3 is 2.21 bits per heavy atom. The molecule has 2 aromatic rings. The third kappa shape index (κ3) is 6.85. The maximum absolute atomic E-state index is 13.3. The maximum atomic E-state index is 13.3. The van der Waals surface area contributed by atoms with Crippen LogP contribution in [0.3, 0.4) is 0 Å². The summed E-state index contributed by atoms with van der Waals surface area (Å²) in [6, 6.07) is 12.6. The van der Waals surface area contributed by atoms with Crippen LogP contribution >= 0.6 is 23.2 Å². The van der Waals surface area contributed by atoms with Crippen LogP contribution in [0.1, 0.15) is 30.6 Å². The average Bonchev–Trinajstić information content (AvgIpc) is 3.03. The van der Waals surface area contributed by atoms with Gasteiger partial charge in [0.05, 0.1) is 0 Å². The first kappa shape index (κ1) is 24.9. The summed E-state index contributed by atoms with van der Waals surface area (Å²) < 4.78 is 0. The van der Waals surface area contributed by atoms with Gasteiger partial charge < -0.3 is 20.4 Å². The Kier molecular flexibility index (Phi) is 8.58. The number of rotatable bonds is 5. The third-order valence-corrected chi connectivity index (χ3v) is 5.98. The second-order valence-electron chi connectivity index (χ2n) is 8.31. The van der Waals surface area contributed by atoms with E-state index in [0.717, 1.165) is 0 Å². The van der Waals surface area contributed by atoms with Gasteiger partial charge in [-0.3, -0.25) is 9.59 Å². The van der Waals surface area contributed by atoms with Crippen molar-refractivity contribution in [2.45, 2.75) is 26.3 Å².